The van der Waals surface area contributed by atoms with Crippen molar-refractivity contribution in [3.05, 3.63) is 28.3 Å². The summed E-state index contributed by atoms with van der Waals surface area (Å²) in [6.45, 7) is 5.84. The van der Waals surface area contributed by atoms with Crippen molar-refractivity contribution in [3.8, 4) is 5.75 Å². The molecule has 0 saturated carbocycles. The zero-order valence-electron chi connectivity index (χ0n) is 10.5. The third kappa shape index (κ3) is 3.79. The van der Waals surface area contributed by atoms with E-state index in [1.807, 2.05) is 32.9 Å². The van der Waals surface area contributed by atoms with Crippen LogP contribution in [0.25, 0.3) is 0 Å². The number of rotatable bonds is 5. The summed E-state index contributed by atoms with van der Waals surface area (Å²) in [5.41, 5.74) is 1.83. The van der Waals surface area contributed by atoms with E-state index in [4.69, 9.17) is 33.0 Å². The van der Waals surface area contributed by atoms with Crippen LogP contribution < -0.4 is 4.74 Å². The van der Waals surface area contributed by atoms with E-state index >= 15 is 0 Å². The van der Waals surface area contributed by atoms with Gasteiger partial charge in [0.2, 0.25) is 0 Å². The third-order valence-corrected chi connectivity index (χ3v) is 3.21. The average Bonchev–Trinajstić information content (AvgIpc) is 2.26. The SMILES string of the molecule is Cc1cc(Cl)c(C(C)C)cc1OCC(Cl)C(=O)O. The largest absolute Gasteiger partial charge is 0.491 e. The highest BCUT2D eigenvalue weighted by atomic mass is 35.5. The molecule has 1 rings (SSSR count). The monoisotopic (exact) mass is 290 g/mol. The van der Waals surface area contributed by atoms with Gasteiger partial charge >= 0.3 is 5.97 Å². The van der Waals surface area contributed by atoms with Crippen molar-refractivity contribution in [1.82, 2.24) is 0 Å². The van der Waals surface area contributed by atoms with E-state index in [2.05, 4.69) is 0 Å². The van der Waals surface area contributed by atoms with Gasteiger partial charge in [-0.15, -0.1) is 11.6 Å². The zero-order valence-corrected chi connectivity index (χ0v) is 12.0. The van der Waals surface area contributed by atoms with Gasteiger partial charge in [-0.2, -0.15) is 0 Å². The Kier molecular flexibility index (Phi) is 5.29. The van der Waals surface area contributed by atoms with Crippen molar-refractivity contribution in [1.29, 1.82) is 0 Å². The maximum atomic E-state index is 10.6. The number of carboxylic acids is 1. The summed E-state index contributed by atoms with van der Waals surface area (Å²) >= 11 is 11.7. The summed E-state index contributed by atoms with van der Waals surface area (Å²) in [4.78, 5) is 10.6. The molecule has 0 aliphatic rings. The Labute approximate surface area is 117 Å². The van der Waals surface area contributed by atoms with Gasteiger partial charge in [-0.25, -0.2) is 0 Å². The first-order valence-electron chi connectivity index (χ1n) is 5.62. The minimum atomic E-state index is -1.09. The molecule has 0 spiro atoms. The predicted octanol–water partition coefficient (Wildman–Crippen LogP) is 3.84. The van der Waals surface area contributed by atoms with Gasteiger partial charge in [0.25, 0.3) is 0 Å². The van der Waals surface area contributed by atoms with Gasteiger partial charge in [-0.3, -0.25) is 4.79 Å². The second-order valence-corrected chi connectivity index (χ2v) is 5.34. The maximum Gasteiger partial charge on any atom is 0.325 e. The Hall–Kier alpha value is -0.930. The van der Waals surface area contributed by atoms with Crippen molar-refractivity contribution in [2.24, 2.45) is 0 Å². The van der Waals surface area contributed by atoms with Crippen molar-refractivity contribution >= 4 is 29.2 Å². The summed E-state index contributed by atoms with van der Waals surface area (Å²) in [7, 11) is 0. The van der Waals surface area contributed by atoms with Gasteiger partial charge in [0.05, 0.1) is 0 Å². The molecule has 0 heterocycles. The Morgan fingerprint density at radius 2 is 2.06 bits per heavy atom. The normalized spacial score (nSPS) is 12.6. The highest BCUT2D eigenvalue weighted by Crippen LogP contribution is 2.31. The van der Waals surface area contributed by atoms with Crippen LogP contribution in [0.5, 0.6) is 5.75 Å². The highest BCUT2D eigenvalue weighted by molar-refractivity contribution is 6.31. The van der Waals surface area contributed by atoms with Crippen LogP contribution in [0.4, 0.5) is 0 Å². The molecule has 0 aromatic heterocycles. The molecule has 0 bridgehead atoms. The molecule has 0 aliphatic heterocycles. The molecular weight excluding hydrogens is 275 g/mol. The van der Waals surface area contributed by atoms with Crippen LogP contribution in [0.2, 0.25) is 5.02 Å². The van der Waals surface area contributed by atoms with E-state index in [0.717, 1.165) is 11.1 Å². The fraction of sp³-hybridized carbons (Fsp3) is 0.462. The Bertz CT molecular complexity index is 444. The molecule has 1 unspecified atom stereocenters. The highest BCUT2D eigenvalue weighted by Gasteiger charge is 2.16. The number of benzene rings is 1. The predicted molar refractivity (Wildman–Crippen MR) is 73.0 cm³/mol. The van der Waals surface area contributed by atoms with Crippen LogP contribution in [-0.2, 0) is 4.79 Å². The molecule has 0 amide bonds. The Morgan fingerprint density at radius 3 is 2.56 bits per heavy atom. The molecule has 0 aliphatic carbocycles. The van der Waals surface area contributed by atoms with Gasteiger partial charge in [-0.1, -0.05) is 25.4 Å². The van der Waals surface area contributed by atoms with Gasteiger partial charge in [0.15, 0.2) is 5.38 Å². The van der Waals surface area contributed by atoms with Gasteiger partial charge in [0, 0.05) is 5.02 Å². The Morgan fingerprint density at radius 1 is 1.44 bits per heavy atom. The molecule has 5 heteroatoms. The second-order valence-electron chi connectivity index (χ2n) is 4.41. The summed E-state index contributed by atoms with van der Waals surface area (Å²) in [6.07, 6.45) is 0. The molecule has 0 radical (unpaired) electrons. The van der Waals surface area contributed by atoms with Crippen LogP contribution in [0.15, 0.2) is 12.1 Å². The molecule has 1 atom stereocenters. The fourth-order valence-corrected chi connectivity index (χ4v) is 2.00. The summed E-state index contributed by atoms with van der Waals surface area (Å²) < 4.78 is 5.43. The molecule has 0 fully saturated rings. The minimum absolute atomic E-state index is 0.0725. The number of alkyl halides is 1. The van der Waals surface area contributed by atoms with Crippen LogP contribution in [-0.4, -0.2) is 23.1 Å². The number of hydrogen-bond acceptors (Lipinski definition) is 2. The maximum absolute atomic E-state index is 10.6. The number of carboxylic acid groups (broad SMARTS) is 1. The standard InChI is InChI=1S/C13H16Cl2O3/c1-7(2)9-5-12(8(3)4-10(9)14)18-6-11(15)13(16)17/h4-5,7,11H,6H2,1-3H3,(H,16,17). The number of hydrogen-bond donors (Lipinski definition) is 1. The molecule has 1 aromatic carbocycles. The van der Waals surface area contributed by atoms with Gasteiger partial charge in [0.1, 0.15) is 12.4 Å². The van der Waals surface area contributed by atoms with E-state index in [9.17, 15) is 4.79 Å². The first-order valence-corrected chi connectivity index (χ1v) is 6.44. The van der Waals surface area contributed by atoms with E-state index in [1.54, 1.807) is 0 Å². The molecule has 18 heavy (non-hydrogen) atoms. The van der Waals surface area contributed by atoms with Crippen LogP contribution >= 0.6 is 23.2 Å². The summed E-state index contributed by atoms with van der Waals surface area (Å²) in [5, 5.41) is 8.32. The number of aryl methyl sites for hydroxylation is 1. The average molecular weight is 291 g/mol. The van der Waals surface area contributed by atoms with E-state index in [1.165, 1.54) is 0 Å². The molecule has 3 nitrogen and oxygen atoms in total. The van der Waals surface area contributed by atoms with E-state index < -0.39 is 11.3 Å². The number of carbonyl (C=O) groups is 1. The number of ether oxygens (including phenoxy) is 1. The molecule has 0 saturated heterocycles. The topological polar surface area (TPSA) is 46.5 Å². The quantitative estimate of drug-likeness (QED) is 0.838. The Balaban J connectivity index is 2.89. The van der Waals surface area contributed by atoms with E-state index in [-0.39, 0.29) is 12.5 Å². The van der Waals surface area contributed by atoms with Gasteiger partial charge < -0.3 is 9.84 Å². The zero-order chi connectivity index (χ0) is 13.9. The molecule has 1 aromatic rings. The lowest BCUT2D eigenvalue weighted by atomic mass is 10.0. The van der Waals surface area contributed by atoms with E-state index in [0.29, 0.717) is 10.8 Å². The van der Waals surface area contributed by atoms with Crippen molar-refractivity contribution in [2.75, 3.05) is 6.61 Å². The number of halogens is 2. The van der Waals surface area contributed by atoms with Crippen molar-refractivity contribution in [3.63, 3.8) is 0 Å². The molecular formula is C13H16Cl2O3. The van der Waals surface area contributed by atoms with Crippen LogP contribution in [0.1, 0.15) is 30.9 Å². The fourth-order valence-electron chi connectivity index (χ4n) is 1.50. The van der Waals surface area contributed by atoms with Crippen molar-refractivity contribution in [2.45, 2.75) is 32.1 Å². The summed E-state index contributed by atoms with van der Waals surface area (Å²) in [5.74, 6) is -0.200. The summed E-state index contributed by atoms with van der Waals surface area (Å²) in [6, 6.07) is 3.66. The smallest absolute Gasteiger partial charge is 0.325 e. The molecule has 100 valence electrons. The number of aliphatic carboxylic acids is 1. The lowest BCUT2D eigenvalue weighted by Gasteiger charge is -2.15. The minimum Gasteiger partial charge on any atom is -0.491 e. The van der Waals surface area contributed by atoms with Gasteiger partial charge in [-0.05, 0) is 36.1 Å². The molecule has 1 N–H and O–H groups in total. The second kappa shape index (κ2) is 6.30. The lowest BCUT2D eigenvalue weighted by Crippen LogP contribution is -2.21. The van der Waals surface area contributed by atoms with Crippen LogP contribution in [0, 0.1) is 6.92 Å². The lowest BCUT2D eigenvalue weighted by molar-refractivity contribution is -0.137. The third-order valence-electron chi connectivity index (χ3n) is 2.57. The van der Waals surface area contributed by atoms with Crippen molar-refractivity contribution < 1.29 is 14.6 Å². The van der Waals surface area contributed by atoms with Crippen LogP contribution in [0.3, 0.4) is 0 Å². The first-order chi connectivity index (χ1) is 8.32. The first kappa shape index (κ1) is 15.1.